The predicted octanol–water partition coefficient (Wildman–Crippen LogP) is 6.70. The minimum atomic E-state index is -0.713. The van der Waals surface area contributed by atoms with Gasteiger partial charge in [-0.3, -0.25) is 9.59 Å². The Morgan fingerprint density at radius 2 is 1.53 bits per heavy atom. The molecule has 0 saturated heterocycles. The van der Waals surface area contributed by atoms with Crippen molar-refractivity contribution in [2.24, 2.45) is 0 Å². The smallest absolute Gasteiger partial charge is 0.243 e. The molecule has 3 aromatic rings. The highest BCUT2D eigenvalue weighted by molar-refractivity contribution is 7.99. The van der Waals surface area contributed by atoms with E-state index in [9.17, 15) is 9.59 Å². The summed E-state index contributed by atoms with van der Waals surface area (Å²) in [6.45, 7) is 6.01. The van der Waals surface area contributed by atoms with Crippen LogP contribution in [0.4, 0.5) is 0 Å². The van der Waals surface area contributed by atoms with Crippen LogP contribution in [0.2, 0.25) is 10.0 Å². The van der Waals surface area contributed by atoms with E-state index < -0.39 is 6.04 Å². The molecule has 4 nitrogen and oxygen atoms in total. The molecule has 7 heteroatoms. The van der Waals surface area contributed by atoms with Crippen molar-refractivity contribution in [2.75, 3.05) is 5.75 Å². The number of nitrogens with one attached hydrogen (secondary N) is 1. The summed E-state index contributed by atoms with van der Waals surface area (Å²) in [7, 11) is 0. The van der Waals surface area contributed by atoms with E-state index in [0.29, 0.717) is 27.8 Å². The van der Waals surface area contributed by atoms with Crippen LogP contribution < -0.4 is 5.32 Å². The molecular weight excluding hydrogens is 511 g/mol. The number of nitrogens with zero attached hydrogens (tertiary/aromatic N) is 1. The van der Waals surface area contributed by atoms with Crippen LogP contribution in [-0.4, -0.2) is 34.6 Å². The van der Waals surface area contributed by atoms with Crippen molar-refractivity contribution in [3.8, 4) is 0 Å². The van der Waals surface area contributed by atoms with E-state index in [2.05, 4.69) is 29.6 Å². The maximum absolute atomic E-state index is 13.7. The molecule has 2 amide bonds. The number of benzene rings is 3. The quantitative estimate of drug-likeness (QED) is 0.293. The van der Waals surface area contributed by atoms with Crippen LogP contribution in [0.1, 0.15) is 36.1 Å². The fraction of sp³-hybridized carbons (Fsp3) is 0.310. The lowest BCUT2D eigenvalue weighted by Crippen LogP contribution is -2.52. The molecule has 0 fully saturated rings. The summed E-state index contributed by atoms with van der Waals surface area (Å²) in [6.07, 6.45) is 0.385. The van der Waals surface area contributed by atoms with Gasteiger partial charge in [0.1, 0.15) is 6.04 Å². The van der Waals surface area contributed by atoms with Crippen molar-refractivity contribution in [3.63, 3.8) is 0 Å². The number of amides is 2. The largest absolute Gasteiger partial charge is 0.352 e. The molecular formula is C29H32Cl2N2O2S. The minimum absolute atomic E-state index is 0.0625. The van der Waals surface area contributed by atoms with Gasteiger partial charge in [-0.1, -0.05) is 89.4 Å². The first kappa shape index (κ1) is 28.1. The van der Waals surface area contributed by atoms with Gasteiger partial charge in [-0.25, -0.2) is 0 Å². The average molecular weight is 544 g/mol. The van der Waals surface area contributed by atoms with Crippen LogP contribution in [0.5, 0.6) is 0 Å². The van der Waals surface area contributed by atoms with Crippen LogP contribution in [-0.2, 0) is 28.3 Å². The van der Waals surface area contributed by atoms with E-state index in [1.54, 1.807) is 23.1 Å². The zero-order valence-corrected chi connectivity index (χ0v) is 23.2. The molecule has 0 heterocycles. The number of halogens is 2. The molecule has 0 radical (unpaired) electrons. The highest BCUT2D eigenvalue weighted by Crippen LogP contribution is 2.28. The number of hydrogen-bond acceptors (Lipinski definition) is 3. The zero-order valence-electron chi connectivity index (χ0n) is 20.8. The van der Waals surface area contributed by atoms with Gasteiger partial charge in [0.2, 0.25) is 11.8 Å². The monoisotopic (exact) mass is 542 g/mol. The lowest BCUT2D eigenvalue weighted by molar-refractivity contribution is -0.139. The first-order valence-corrected chi connectivity index (χ1v) is 13.9. The van der Waals surface area contributed by atoms with Crippen LogP contribution in [0.25, 0.3) is 0 Å². The third kappa shape index (κ3) is 8.29. The van der Waals surface area contributed by atoms with Gasteiger partial charge in [0.05, 0.1) is 5.75 Å². The molecule has 0 bridgehead atoms. The molecule has 1 atom stereocenters. The number of thioether (sulfide) groups is 1. The number of aryl methyl sites for hydroxylation is 1. The van der Waals surface area contributed by atoms with Crippen molar-refractivity contribution in [1.82, 2.24) is 10.2 Å². The number of carbonyl (C=O) groups excluding carboxylic acids is 2. The van der Waals surface area contributed by atoms with Crippen molar-refractivity contribution in [3.05, 3.63) is 105 Å². The molecule has 1 N–H and O–H groups in total. The van der Waals surface area contributed by atoms with Crippen LogP contribution in [0, 0.1) is 6.92 Å². The number of carbonyl (C=O) groups is 2. The van der Waals surface area contributed by atoms with Gasteiger partial charge in [-0.2, -0.15) is 0 Å². The molecule has 0 spiro atoms. The molecule has 3 aromatic carbocycles. The fourth-order valence-electron chi connectivity index (χ4n) is 3.81. The van der Waals surface area contributed by atoms with E-state index in [1.165, 1.54) is 17.3 Å². The van der Waals surface area contributed by atoms with Crippen molar-refractivity contribution in [1.29, 1.82) is 0 Å². The van der Waals surface area contributed by atoms with Gasteiger partial charge in [0.15, 0.2) is 0 Å². The molecule has 0 aliphatic carbocycles. The van der Waals surface area contributed by atoms with Crippen molar-refractivity contribution in [2.45, 2.75) is 51.6 Å². The Labute approximate surface area is 228 Å². The Morgan fingerprint density at radius 1 is 0.889 bits per heavy atom. The summed E-state index contributed by atoms with van der Waals surface area (Å²) < 4.78 is 0. The first-order valence-electron chi connectivity index (χ1n) is 11.9. The second kappa shape index (κ2) is 13.7. The van der Waals surface area contributed by atoms with E-state index in [4.69, 9.17) is 23.2 Å². The van der Waals surface area contributed by atoms with Crippen LogP contribution in [0.15, 0.2) is 72.8 Å². The Balaban J connectivity index is 1.89. The van der Waals surface area contributed by atoms with E-state index in [-0.39, 0.29) is 30.2 Å². The molecule has 36 heavy (non-hydrogen) atoms. The normalized spacial score (nSPS) is 11.8. The second-order valence-corrected chi connectivity index (χ2v) is 10.9. The number of hydrogen-bond donors (Lipinski definition) is 1. The van der Waals surface area contributed by atoms with Gasteiger partial charge in [-0.15, -0.1) is 11.8 Å². The number of rotatable bonds is 11. The third-order valence-electron chi connectivity index (χ3n) is 5.71. The fourth-order valence-corrected chi connectivity index (χ4v) is 5.20. The van der Waals surface area contributed by atoms with E-state index in [1.807, 2.05) is 51.1 Å². The molecule has 0 aliphatic rings. The Morgan fingerprint density at radius 3 is 2.14 bits per heavy atom. The highest BCUT2D eigenvalue weighted by Gasteiger charge is 2.31. The lowest BCUT2D eigenvalue weighted by Gasteiger charge is -2.32. The SMILES string of the molecule is Cc1ccc(CSCC(=O)N(Cc2c(Cl)cccc2Cl)C(Cc2ccccc2)C(=O)NC(C)C)cc1. The maximum atomic E-state index is 13.7. The summed E-state index contributed by atoms with van der Waals surface area (Å²) in [6, 6.07) is 22.5. The zero-order chi connectivity index (χ0) is 26.1. The molecule has 190 valence electrons. The average Bonchev–Trinajstić information content (AvgIpc) is 2.84. The Kier molecular flexibility index (Phi) is 10.7. The summed E-state index contributed by atoms with van der Waals surface area (Å²) in [4.78, 5) is 28.7. The Bertz CT molecular complexity index is 1130. The topological polar surface area (TPSA) is 49.4 Å². The van der Waals surface area contributed by atoms with E-state index in [0.717, 1.165) is 11.1 Å². The first-order chi connectivity index (χ1) is 17.2. The lowest BCUT2D eigenvalue weighted by atomic mass is 10.0. The molecule has 0 aliphatic heterocycles. The summed E-state index contributed by atoms with van der Waals surface area (Å²) in [5, 5.41) is 3.93. The van der Waals surface area contributed by atoms with Crippen molar-refractivity contribution >= 4 is 46.8 Å². The van der Waals surface area contributed by atoms with Gasteiger partial charge < -0.3 is 10.2 Å². The third-order valence-corrected chi connectivity index (χ3v) is 7.40. The second-order valence-electron chi connectivity index (χ2n) is 9.07. The predicted molar refractivity (Wildman–Crippen MR) is 152 cm³/mol. The van der Waals surface area contributed by atoms with Gasteiger partial charge in [0, 0.05) is 40.4 Å². The summed E-state index contributed by atoms with van der Waals surface area (Å²) >= 11 is 14.5. The standard InChI is InChI=1S/C29H32Cl2N2O2S/c1-20(2)32-29(35)27(16-22-8-5-4-6-9-22)33(17-24-25(30)10-7-11-26(24)31)28(34)19-36-18-23-14-12-21(3)13-15-23/h4-15,20,27H,16-19H2,1-3H3,(H,32,35). The van der Waals surface area contributed by atoms with Gasteiger partial charge >= 0.3 is 0 Å². The van der Waals surface area contributed by atoms with Gasteiger partial charge in [0.25, 0.3) is 0 Å². The van der Waals surface area contributed by atoms with Crippen LogP contribution >= 0.6 is 35.0 Å². The van der Waals surface area contributed by atoms with Gasteiger partial charge in [-0.05, 0) is 44.0 Å². The molecule has 3 rings (SSSR count). The van der Waals surface area contributed by atoms with E-state index >= 15 is 0 Å². The Hall–Kier alpha value is -2.47. The summed E-state index contributed by atoms with van der Waals surface area (Å²) in [5.41, 5.74) is 3.95. The molecule has 1 unspecified atom stereocenters. The van der Waals surface area contributed by atoms with Crippen molar-refractivity contribution < 1.29 is 9.59 Å². The minimum Gasteiger partial charge on any atom is -0.352 e. The molecule has 0 aromatic heterocycles. The highest BCUT2D eigenvalue weighted by atomic mass is 35.5. The molecule has 0 saturated carbocycles. The summed E-state index contributed by atoms with van der Waals surface area (Å²) in [5.74, 6) is 0.599. The van der Waals surface area contributed by atoms with Crippen LogP contribution in [0.3, 0.4) is 0 Å². The maximum Gasteiger partial charge on any atom is 0.243 e.